The predicted molar refractivity (Wildman–Crippen MR) is 111 cm³/mol. The van der Waals surface area contributed by atoms with Crippen LogP contribution in [-0.4, -0.2) is 53.1 Å². The third kappa shape index (κ3) is 5.84. The summed E-state index contributed by atoms with van der Waals surface area (Å²) in [5.41, 5.74) is 1.10. The van der Waals surface area contributed by atoms with Crippen molar-refractivity contribution in [1.29, 1.82) is 0 Å². The first-order chi connectivity index (χ1) is 13.7. The first-order valence-corrected chi connectivity index (χ1v) is 10.7. The van der Waals surface area contributed by atoms with Gasteiger partial charge in [-0.3, -0.25) is 9.59 Å². The van der Waals surface area contributed by atoms with Crippen molar-refractivity contribution in [3.8, 4) is 0 Å². The Labute approximate surface area is 169 Å². The van der Waals surface area contributed by atoms with Gasteiger partial charge in [-0.25, -0.2) is 0 Å². The molecule has 2 heterocycles. The van der Waals surface area contributed by atoms with Gasteiger partial charge in [0, 0.05) is 17.8 Å². The average molecular weight is 402 g/mol. The van der Waals surface area contributed by atoms with E-state index in [1.54, 1.807) is 24.3 Å². The number of hydrogen-bond acceptors (Lipinski definition) is 6. The van der Waals surface area contributed by atoms with E-state index in [1.165, 1.54) is 43.7 Å². The van der Waals surface area contributed by atoms with E-state index >= 15 is 0 Å². The molecule has 0 spiro atoms. The van der Waals surface area contributed by atoms with Gasteiger partial charge in [0.2, 0.25) is 5.01 Å². The summed E-state index contributed by atoms with van der Waals surface area (Å²) in [5, 5.41) is 14.8. The molecule has 1 aromatic carbocycles. The Hall–Kier alpha value is -2.32. The molecular weight excluding hydrogens is 374 g/mol. The number of nitrogens with one attached hydrogen (secondary N) is 2. The molecule has 0 radical (unpaired) electrons. The molecule has 28 heavy (non-hydrogen) atoms. The standard InChI is InChI=1S/C20H27N5O2S/c1-2-17-23-24-20(28-17)19(27)22-16-9-6-8-15(14-16)18(26)21-10-7-13-25-11-4-3-5-12-25/h6,8-9,14H,2-5,7,10-13H2,1H3,(H,21,26)(H,22,27). The molecule has 150 valence electrons. The maximum atomic E-state index is 12.4. The molecule has 7 nitrogen and oxygen atoms in total. The first kappa shape index (κ1) is 20.4. The van der Waals surface area contributed by atoms with E-state index in [9.17, 15) is 9.59 Å². The van der Waals surface area contributed by atoms with Crippen LogP contribution in [0.2, 0.25) is 0 Å². The number of aryl methyl sites for hydroxylation is 1. The molecular formula is C20H27N5O2S. The number of anilines is 1. The van der Waals surface area contributed by atoms with E-state index in [0.29, 0.717) is 22.8 Å². The van der Waals surface area contributed by atoms with Crippen molar-refractivity contribution in [3.05, 3.63) is 39.8 Å². The molecule has 0 bridgehead atoms. The van der Waals surface area contributed by atoms with Crippen LogP contribution in [0.25, 0.3) is 0 Å². The number of carbonyl (C=O) groups is 2. The zero-order valence-electron chi connectivity index (χ0n) is 16.2. The van der Waals surface area contributed by atoms with Crippen LogP contribution in [-0.2, 0) is 6.42 Å². The lowest BCUT2D eigenvalue weighted by atomic mass is 10.1. The minimum atomic E-state index is -0.309. The molecule has 1 aromatic heterocycles. The Morgan fingerprint density at radius 3 is 2.71 bits per heavy atom. The molecule has 8 heteroatoms. The van der Waals surface area contributed by atoms with E-state index in [4.69, 9.17) is 0 Å². The van der Waals surface area contributed by atoms with Gasteiger partial charge in [0.05, 0.1) is 0 Å². The number of amides is 2. The highest BCUT2D eigenvalue weighted by Crippen LogP contribution is 2.15. The van der Waals surface area contributed by atoms with Crippen molar-refractivity contribution in [3.63, 3.8) is 0 Å². The van der Waals surface area contributed by atoms with Crippen molar-refractivity contribution >= 4 is 28.8 Å². The zero-order chi connectivity index (χ0) is 19.8. The van der Waals surface area contributed by atoms with Gasteiger partial charge in [0.15, 0.2) is 0 Å². The molecule has 0 saturated carbocycles. The second kappa shape index (κ2) is 10.3. The second-order valence-corrected chi connectivity index (χ2v) is 7.96. The monoisotopic (exact) mass is 401 g/mol. The molecule has 1 saturated heterocycles. The SMILES string of the molecule is CCc1nnc(C(=O)Nc2cccc(C(=O)NCCCN3CCCCC3)c2)s1. The van der Waals surface area contributed by atoms with Gasteiger partial charge < -0.3 is 15.5 Å². The highest BCUT2D eigenvalue weighted by atomic mass is 32.1. The van der Waals surface area contributed by atoms with Crippen LogP contribution in [0.4, 0.5) is 5.69 Å². The van der Waals surface area contributed by atoms with Crippen molar-refractivity contribution in [2.45, 2.75) is 39.0 Å². The van der Waals surface area contributed by atoms with Gasteiger partial charge in [0.1, 0.15) is 5.01 Å². The average Bonchev–Trinajstić information content (AvgIpc) is 3.21. The summed E-state index contributed by atoms with van der Waals surface area (Å²) >= 11 is 1.28. The molecule has 2 amide bonds. The Balaban J connectivity index is 1.47. The van der Waals surface area contributed by atoms with E-state index < -0.39 is 0 Å². The van der Waals surface area contributed by atoms with Crippen molar-refractivity contribution in [2.75, 3.05) is 31.5 Å². The van der Waals surface area contributed by atoms with Crippen molar-refractivity contribution in [1.82, 2.24) is 20.4 Å². The predicted octanol–water partition coefficient (Wildman–Crippen LogP) is 2.96. The Kier molecular flexibility index (Phi) is 7.50. The number of rotatable bonds is 8. The van der Waals surface area contributed by atoms with Crippen LogP contribution in [0.3, 0.4) is 0 Å². The fourth-order valence-corrected chi connectivity index (χ4v) is 3.88. The molecule has 1 fully saturated rings. The highest BCUT2D eigenvalue weighted by molar-refractivity contribution is 7.13. The maximum absolute atomic E-state index is 12.4. The number of piperidine rings is 1. The third-order valence-electron chi connectivity index (χ3n) is 4.73. The summed E-state index contributed by atoms with van der Waals surface area (Å²) in [6.07, 6.45) is 5.58. The molecule has 3 rings (SSSR count). The number of hydrogen-bond donors (Lipinski definition) is 2. The number of aromatic nitrogens is 2. The Morgan fingerprint density at radius 2 is 1.96 bits per heavy atom. The number of carbonyl (C=O) groups excluding carboxylic acids is 2. The molecule has 0 atom stereocenters. The normalized spacial score (nSPS) is 14.6. The molecule has 0 aliphatic carbocycles. The summed E-state index contributed by atoms with van der Waals surface area (Å²) in [6, 6.07) is 6.94. The van der Waals surface area contributed by atoms with E-state index in [0.717, 1.165) is 24.4 Å². The fraction of sp³-hybridized carbons (Fsp3) is 0.500. The third-order valence-corrected chi connectivity index (χ3v) is 5.80. The number of likely N-dealkylation sites (tertiary alicyclic amines) is 1. The summed E-state index contributed by atoms with van der Waals surface area (Å²) in [5.74, 6) is -0.435. The topological polar surface area (TPSA) is 87.2 Å². The lowest BCUT2D eigenvalue weighted by Crippen LogP contribution is -2.33. The summed E-state index contributed by atoms with van der Waals surface area (Å²) in [4.78, 5) is 27.1. The van der Waals surface area contributed by atoms with Crippen LogP contribution < -0.4 is 10.6 Å². The van der Waals surface area contributed by atoms with E-state index in [1.807, 2.05) is 6.92 Å². The van der Waals surface area contributed by atoms with E-state index in [-0.39, 0.29) is 11.8 Å². The van der Waals surface area contributed by atoms with Crippen LogP contribution in [0, 0.1) is 0 Å². The van der Waals surface area contributed by atoms with Crippen LogP contribution in [0.1, 0.15) is 57.8 Å². The van der Waals surface area contributed by atoms with E-state index in [2.05, 4.69) is 25.7 Å². The van der Waals surface area contributed by atoms with Crippen LogP contribution >= 0.6 is 11.3 Å². The minimum absolute atomic E-state index is 0.126. The molecule has 1 aliphatic heterocycles. The minimum Gasteiger partial charge on any atom is -0.352 e. The van der Waals surface area contributed by atoms with Crippen LogP contribution in [0.15, 0.2) is 24.3 Å². The number of benzene rings is 1. The van der Waals surface area contributed by atoms with Gasteiger partial charge in [-0.05, 0) is 63.5 Å². The lowest BCUT2D eigenvalue weighted by molar-refractivity contribution is 0.0949. The first-order valence-electron chi connectivity index (χ1n) is 9.90. The van der Waals surface area contributed by atoms with Gasteiger partial charge >= 0.3 is 0 Å². The van der Waals surface area contributed by atoms with Gasteiger partial charge in [0.25, 0.3) is 11.8 Å². The largest absolute Gasteiger partial charge is 0.352 e. The summed E-state index contributed by atoms with van der Waals surface area (Å²) in [7, 11) is 0. The van der Waals surface area contributed by atoms with Crippen molar-refractivity contribution < 1.29 is 9.59 Å². The summed E-state index contributed by atoms with van der Waals surface area (Å²) in [6.45, 7) is 5.99. The number of nitrogens with zero attached hydrogens (tertiary/aromatic N) is 3. The van der Waals surface area contributed by atoms with Gasteiger partial charge in [-0.2, -0.15) is 0 Å². The Morgan fingerprint density at radius 1 is 1.14 bits per heavy atom. The highest BCUT2D eigenvalue weighted by Gasteiger charge is 2.14. The smallest absolute Gasteiger partial charge is 0.286 e. The van der Waals surface area contributed by atoms with Gasteiger partial charge in [-0.1, -0.05) is 30.7 Å². The molecule has 1 aliphatic rings. The fourth-order valence-electron chi connectivity index (χ4n) is 3.20. The molecule has 0 unspecified atom stereocenters. The quantitative estimate of drug-likeness (QED) is 0.664. The molecule has 2 aromatic rings. The van der Waals surface area contributed by atoms with Gasteiger partial charge in [-0.15, -0.1) is 10.2 Å². The maximum Gasteiger partial charge on any atom is 0.286 e. The van der Waals surface area contributed by atoms with Crippen molar-refractivity contribution in [2.24, 2.45) is 0 Å². The van der Waals surface area contributed by atoms with Crippen LogP contribution in [0.5, 0.6) is 0 Å². The Bertz CT molecular complexity index is 801. The zero-order valence-corrected chi connectivity index (χ0v) is 17.1. The lowest BCUT2D eigenvalue weighted by Gasteiger charge is -2.26. The molecule has 2 N–H and O–H groups in total. The second-order valence-electron chi connectivity index (χ2n) is 6.90. The summed E-state index contributed by atoms with van der Waals surface area (Å²) < 4.78 is 0.